The minimum absolute atomic E-state index is 0.0288. The topological polar surface area (TPSA) is 78.9 Å². The number of anilines is 1. The number of likely N-dealkylation sites (tertiary alicyclic amines) is 1. The summed E-state index contributed by atoms with van der Waals surface area (Å²) >= 11 is 0. The molecule has 21 heavy (non-hydrogen) atoms. The Labute approximate surface area is 121 Å². The lowest BCUT2D eigenvalue weighted by Gasteiger charge is -2.31. The van der Waals surface area contributed by atoms with Crippen LogP contribution in [0.15, 0.2) is 18.2 Å². The van der Waals surface area contributed by atoms with Gasteiger partial charge in [0.25, 0.3) is 0 Å². The first-order valence-corrected chi connectivity index (χ1v) is 6.63. The van der Waals surface area contributed by atoms with E-state index in [2.05, 4.69) is 5.32 Å². The SMILES string of the molecule is COC1CCN(C(=O)Nc2ccc(C(=O)O)cc2F)CC1. The van der Waals surface area contributed by atoms with Crippen LogP contribution < -0.4 is 5.32 Å². The molecular weight excluding hydrogens is 279 g/mol. The molecule has 0 saturated carbocycles. The Morgan fingerprint density at radius 1 is 1.38 bits per heavy atom. The summed E-state index contributed by atoms with van der Waals surface area (Å²) < 4.78 is 19.0. The second kappa shape index (κ2) is 6.53. The van der Waals surface area contributed by atoms with Crippen LogP contribution in [-0.4, -0.2) is 48.3 Å². The number of carboxylic acids is 1. The van der Waals surface area contributed by atoms with Gasteiger partial charge in [0.1, 0.15) is 5.82 Å². The number of ether oxygens (including phenoxy) is 1. The molecule has 2 N–H and O–H groups in total. The van der Waals surface area contributed by atoms with Gasteiger partial charge in [-0.1, -0.05) is 0 Å². The molecule has 1 aromatic carbocycles. The first kappa shape index (κ1) is 15.2. The third kappa shape index (κ3) is 3.69. The average molecular weight is 296 g/mol. The highest BCUT2D eigenvalue weighted by Crippen LogP contribution is 2.18. The number of carboxylic acid groups (broad SMARTS) is 1. The van der Waals surface area contributed by atoms with Gasteiger partial charge in [-0.3, -0.25) is 0 Å². The van der Waals surface area contributed by atoms with Crippen molar-refractivity contribution in [1.29, 1.82) is 0 Å². The number of aromatic carboxylic acids is 1. The number of carbonyl (C=O) groups is 2. The van der Waals surface area contributed by atoms with Crippen LogP contribution in [0.4, 0.5) is 14.9 Å². The minimum atomic E-state index is -1.21. The van der Waals surface area contributed by atoms with E-state index < -0.39 is 17.8 Å². The van der Waals surface area contributed by atoms with E-state index in [0.717, 1.165) is 18.9 Å². The van der Waals surface area contributed by atoms with E-state index in [0.29, 0.717) is 13.1 Å². The normalized spacial score (nSPS) is 15.8. The number of rotatable bonds is 3. The number of hydrogen-bond donors (Lipinski definition) is 2. The van der Waals surface area contributed by atoms with Crippen LogP contribution in [0, 0.1) is 5.82 Å². The molecule has 0 bridgehead atoms. The molecule has 1 aliphatic heterocycles. The Bertz CT molecular complexity index is 542. The number of benzene rings is 1. The highest BCUT2D eigenvalue weighted by atomic mass is 19.1. The van der Waals surface area contributed by atoms with Crippen molar-refractivity contribution in [3.63, 3.8) is 0 Å². The second-order valence-corrected chi connectivity index (χ2v) is 4.85. The number of urea groups is 1. The van der Waals surface area contributed by atoms with Crippen LogP contribution in [0.25, 0.3) is 0 Å². The maximum atomic E-state index is 13.7. The van der Waals surface area contributed by atoms with Gasteiger partial charge < -0.3 is 20.1 Å². The van der Waals surface area contributed by atoms with Crippen molar-refractivity contribution in [1.82, 2.24) is 4.90 Å². The molecule has 7 heteroatoms. The Morgan fingerprint density at radius 3 is 2.57 bits per heavy atom. The number of halogens is 1. The molecule has 0 atom stereocenters. The minimum Gasteiger partial charge on any atom is -0.478 e. The molecule has 114 valence electrons. The first-order valence-electron chi connectivity index (χ1n) is 6.63. The summed E-state index contributed by atoms with van der Waals surface area (Å²) in [6.45, 7) is 1.08. The molecule has 0 unspecified atom stereocenters. The van der Waals surface area contributed by atoms with Crippen LogP contribution in [0.1, 0.15) is 23.2 Å². The van der Waals surface area contributed by atoms with Gasteiger partial charge >= 0.3 is 12.0 Å². The summed E-state index contributed by atoms with van der Waals surface area (Å²) in [7, 11) is 1.64. The molecule has 2 rings (SSSR count). The van der Waals surface area contributed by atoms with Gasteiger partial charge in [-0.25, -0.2) is 14.0 Å². The Hall–Kier alpha value is -2.15. The van der Waals surface area contributed by atoms with Gasteiger partial charge in [0, 0.05) is 20.2 Å². The molecule has 1 fully saturated rings. The Morgan fingerprint density at radius 2 is 2.05 bits per heavy atom. The van der Waals surface area contributed by atoms with E-state index in [1.54, 1.807) is 12.0 Å². The van der Waals surface area contributed by atoms with Crippen LogP contribution in [0.5, 0.6) is 0 Å². The molecule has 1 aliphatic rings. The van der Waals surface area contributed by atoms with E-state index >= 15 is 0 Å². The zero-order valence-corrected chi connectivity index (χ0v) is 11.6. The van der Waals surface area contributed by atoms with E-state index in [4.69, 9.17) is 9.84 Å². The van der Waals surface area contributed by atoms with Crippen LogP contribution in [0.2, 0.25) is 0 Å². The van der Waals surface area contributed by atoms with Crippen molar-refractivity contribution in [2.45, 2.75) is 18.9 Å². The predicted molar refractivity (Wildman–Crippen MR) is 74.0 cm³/mol. The fourth-order valence-corrected chi connectivity index (χ4v) is 2.24. The first-order chi connectivity index (χ1) is 10.0. The summed E-state index contributed by atoms with van der Waals surface area (Å²) in [5.74, 6) is -1.98. The molecule has 0 aliphatic carbocycles. The van der Waals surface area contributed by atoms with Crippen LogP contribution in [0.3, 0.4) is 0 Å². The number of amides is 2. The maximum Gasteiger partial charge on any atom is 0.335 e. The summed E-state index contributed by atoms with van der Waals surface area (Å²) in [5, 5.41) is 11.2. The molecule has 6 nitrogen and oxygen atoms in total. The second-order valence-electron chi connectivity index (χ2n) is 4.85. The van der Waals surface area contributed by atoms with Crippen molar-refractivity contribution in [3.8, 4) is 0 Å². The van der Waals surface area contributed by atoms with E-state index in [1.807, 2.05) is 0 Å². The van der Waals surface area contributed by atoms with Gasteiger partial charge in [0.05, 0.1) is 17.4 Å². The summed E-state index contributed by atoms with van der Waals surface area (Å²) in [6, 6.07) is 2.98. The smallest absolute Gasteiger partial charge is 0.335 e. The third-order valence-electron chi connectivity index (χ3n) is 3.52. The van der Waals surface area contributed by atoms with E-state index in [-0.39, 0.29) is 17.4 Å². The molecule has 1 aromatic rings. The number of carbonyl (C=O) groups excluding carboxylic acids is 1. The number of methoxy groups -OCH3 is 1. The fraction of sp³-hybridized carbons (Fsp3) is 0.429. The van der Waals surface area contributed by atoms with Gasteiger partial charge in [0.15, 0.2) is 0 Å². The van der Waals surface area contributed by atoms with Crippen molar-refractivity contribution in [3.05, 3.63) is 29.6 Å². The Kier molecular flexibility index (Phi) is 4.74. The standard InChI is InChI=1S/C14H17FN2O4/c1-21-10-4-6-17(7-5-10)14(20)16-12-3-2-9(13(18)19)8-11(12)15/h2-3,8,10H,4-7H2,1H3,(H,16,20)(H,18,19). The van der Waals surface area contributed by atoms with Crippen molar-refractivity contribution in [2.75, 3.05) is 25.5 Å². The summed E-state index contributed by atoms with van der Waals surface area (Å²) in [5.41, 5.74) is -0.190. The molecule has 0 aromatic heterocycles. The predicted octanol–water partition coefficient (Wildman–Crippen LogP) is 2.17. The molecular formula is C14H17FN2O4. The summed E-state index contributed by atoms with van der Waals surface area (Å²) in [4.78, 5) is 24.3. The highest BCUT2D eigenvalue weighted by molar-refractivity contribution is 5.91. The molecule has 2 amide bonds. The van der Waals surface area contributed by atoms with Crippen molar-refractivity contribution >= 4 is 17.7 Å². The van der Waals surface area contributed by atoms with Gasteiger partial charge in [-0.05, 0) is 31.0 Å². The van der Waals surface area contributed by atoms with Crippen LogP contribution >= 0.6 is 0 Å². The van der Waals surface area contributed by atoms with Crippen molar-refractivity contribution in [2.24, 2.45) is 0 Å². The Balaban J connectivity index is 1.98. The molecule has 0 spiro atoms. The lowest BCUT2D eigenvalue weighted by Crippen LogP contribution is -2.42. The number of hydrogen-bond acceptors (Lipinski definition) is 3. The maximum absolute atomic E-state index is 13.7. The molecule has 0 radical (unpaired) electrons. The molecule has 1 saturated heterocycles. The zero-order valence-electron chi connectivity index (χ0n) is 11.6. The highest BCUT2D eigenvalue weighted by Gasteiger charge is 2.23. The number of nitrogens with one attached hydrogen (secondary N) is 1. The summed E-state index contributed by atoms with van der Waals surface area (Å²) in [6.07, 6.45) is 1.63. The molecule has 1 heterocycles. The third-order valence-corrected chi connectivity index (χ3v) is 3.52. The average Bonchev–Trinajstić information content (AvgIpc) is 2.49. The van der Waals surface area contributed by atoms with E-state index in [1.165, 1.54) is 12.1 Å². The quantitative estimate of drug-likeness (QED) is 0.896. The van der Waals surface area contributed by atoms with Gasteiger partial charge in [-0.2, -0.15) is 0 Å². The number of nitrogens with zero attached hydrogens (tertiary/aromatic N) is 1. The number of piperidine rings is 1. The van der Waals surface area contributed by atoms with E-state index in [9.17, 15) is 14.0 Å². The largest absolute Gasteiger partial charge is 0.478 e. The fourth-order valence-electron chi connectivity index (χ4n) is 2.24. The lowest BCUT2D eigenvalue weighted by atomic mass is 10.1. The van der Waals surface area contributed by atoms with Crippen LogP contribution in [-0.2, 0) is 4.74 Å². The lowest BCUT2D eigenvalue weighted by molar-refractivity contribution is 0.0521. The monoisotopic (exact) mass is 296 g/mol. The van der Waals surface area contributed by atoms with Gasteiger partial charge in [0.2, 0.25) is 0 Å². The zero-order chi connectivity index (χ0) is 15.4. The van der Waals surface area contributed by atoms with Gasteiger partial charge in [-0.15, -0.1) is 0 Å². The van der Waals surface area contributed by atoms with Crippen molar-refractivity contribution < 1.29 is 23.8 Å².